The van der Waals surface area contributed by atoms with E-state index in [1.165, 1.54) is 0 Å². The van der Waals surface area contributed by atoms with Crippen LogP contribution in [0.3, 0.4) is 0 Å². The predicted octanol–water partition coefficient (Wildman–Crippen LogP) is 5.14. The van der Waals surface area contributed by atoms with Gasteiger partial charge in [-0.25, -0.2) is 4.39 Å². The van der Waals surface area contributed by atoms with Gasteiger partial charge in [-0.3, -0.25) is 0 Å². The van der Waals surface area contributed by atoms with Gasteiger partial charge in [0.15, 0.2) is 0 Å². The average Bonchev–Trinajstić information content (AvgIpc) is 2.43. The molecule has 4 heteroatoms. The number of halogens is 3. The molecule has 1 N–H and O–H groups in total. The summed E-state index contributed by atoms with van der Waals surface area (Å²) in [6.07, 6.45) is 0. The molecule has 0 spiro atoms. The maximum absolute atomic E-state index is 13.8. The molecule has 0 radical (unpaired) electrons. The molecule has 1 nitrogen and oxygen atoms in total. The van der Waals surface area contributed by atoms with Crippen LogP contribution in [-0.4, -0.2) is 6.54 Å². The SMILES string of the molecule is CCNC(c1ccc(C)c(F)c1)c1ccc(Cl)c(Cl)c1. The summed E-state index contributed by atoms with van der Waals surface area (Å²) in [5, 5.41) is 4.35. The van der Waals surface area contributed by atoms with E-state index in [0.717, 1.165) is 17.7 Å². The topological polar surface area (TPSA) is 12.0 Å². The first-order valence-corrected chi connectivity index (χ1v) is 7.23. The van der Waals surface area contributed by atoms with Crippen molar-refractivity contribution in [3.05, 3.63) is 69.0 Å². The van der Waals surface area contributed by atoms with Crippen molar-refractivity contribution in [1.82, 2.24) is 5.32 Å². The molecule has 0 aromatic heterocycles. The molecule has 20 heavy (non-hydrogen) atoms. The van der Waals surface area contributed by atoms with Gasteiger partial charge in [-0.2, -0.15) is 0 Å². The first-order chi connectivity index (χ1) is 9.52. The summed E-state index contributed by atoms with van der Waals surface area (Å²) in [5.41, 5.74) is 2.47. The molecule has 2 aromatic carbocycles. The fourth-order valence-electron chi connectivity index (χ4n) is 2.11. The van der Waals surface area contributed by atoms with Gasteiger partial charge in [-0.15, -0.1) is 0 Å². The molecule has 0 aliphatic rings. The molecular formula is C16H16Cl2FN. The molecular weight excluding hydrogens is 296 g/mol. The number of hydrogen-bond donors (Lipinski definition) is 1. The Kier molecular flexibility index (Phi) is 5.03. The van der Waals surface area contributed by atoms with E-state index in [9.17, 15) is 4.39 Å². The Balaban J connectivity index is 2.44. The predicted molar refractivity (Wildman–Crippen MR) is 83.1 cm³/mol. The van der Waals surface area contributed by atoms with E-state index >= 15 is 0 Å². The van der Waals surface area contributed by atoms with E-state index in [1.807, 2.05) is 25.1 Å². The van der Waals surface area contributed by atoms with Gasteiger partial charge >= 0.3 is 0 Å². The van der Waals surface area contributed by atoms with Crippen LogP contribution in [0.4, 0.5) is 4.39 Å². The van der Waals surface area contributed by atoms with Gasteiger partial charge in [0.25, 0.3) is 0 Å². The second-order valence-corrected chi connectivity index (χ2v) is 5.49. The van der Waals surface area contributed by atoms with Gasteiger partial charge in [-0.05, 0) is 48.4 Å². The zero-order chi connectivity index (χ0) is 14.7. The third-order valence-corrected chi connectivity index (χ3v) is 3.95. The molecule has 0 amide bonds. The molecule has 0 bridgehead atoms. The minimum absolute atomic E-state index is 0.107. The highest BCUT2D eigenvalue weighted by molar-refractivity contribution is 6.42. The van der Waals surface area contributed by atoms with Gasteiger partial charge in [0, 0.05) is 0 Å². The summed E-state index contributed by atoms with van der Waals surface area (Å²) in [6, 6.07) is 10.6. The number of nitrogens with one attached hydrogen (secondary N) is 1. The molecule has 0 saturated heterocycles. The Morgan fingerprint density at radius 1 is 1.05 bits per heavy atom. The first kappa shape index (κ1) is 15.3. The first-order valence-electron chi connectivity index (χ1n) is 6.47. The Morgan fingerprint density at radius 3 is 2.30 bits per heavy atom. The third-order valence-electron chi connectivity index (χ3n) is 3.21. The second kappa shape index (κ2) is 6.57. The Labute approximate surface area is 128 Å². The van der Waals surface area contributed by atoms with Crippen LogP contribution in [0, 0.1) is 12.7 Å². The van der Waals surface area contributed by atoms with Crippen molar-refractivity contribution in [2.45, 2.75) is 19.9 Å². The van der Waals surface area contributed by atoms with Crippen LogP contribution >= 0.6 is 23.2 Å². The van der Waals surface area contributed by atoms with Gasteiger partial charge in [0.05, 0.1) is 16.1 Å². The van der Waals surface area contributed by atoms with Crippen LogP contribution in [0.2, 0.25) is 10.0 Å². The summed E-state index contributed by atoms with van der Waals surface area (Å²) in [5.74, 6) is -0.203. The lowest BCUT2D eigenvalue weighted by Crippen LogP contribution is -2.22. The minimum Gasteiger partial charge on any atom is -0.307 e. The quantitative estimate of drug-likeness (QED) is 0.824. The van der Waals surface area contributed by atoms with Crippen LogP contribution in [0.1, 0.15) is 29.7 Å². The number of aryl methyl sites for hydroxylation is 1. The zero-order valence-electron chi connectivity index (χ0n) is 11.4. The van der Waals surface area contributed by atoms with E-state index in [4.69, 9.17) is 23.2 Å². The fourth-order valence-corrected chi connectivity index (χ4v) is 2.42. The van der Waals surface area contributed by atoms with E-state index in [-0.39, 0.29) is 11.9 Å². The number of rotatable bonds is 4. The average molecular weight is 312 g/mol. The lowest BCUT2D eigenvalue weighted by Gasteiger charge is -2.20. The van der Waals surface area contributed by atoms with Crippen molar-refractivity contribution in [2.24, 2.45) is 0 Å². The summed E-state index contributed by atoms with van der Waals surface area (Å²) in [6.45, 7) is 4.52. The number of hydrogen-bond acceptors (Lipinski definition) is 1. The van der Waals surface area contributed by atoms with Crippen molar-refractivity contribution in [1.29, 1.82) is 0 Å². The van der Waals surface area contributed by atoms with Crippen LogP contribution < -0.4 is 5.32 Å². The van der Waals surface area contributed by atoms with Crippen molar-refractivity contribution in [3.63, 3.8) is 0 Å². The molecule has 1 atom stereocenters. The van der Waals surface area contributed by atoms with Crippen LogP contribution in [0.15, 0.2) is 36.4 Å². The highest BCUT2D eigenvalue weighted by Crippen LogP contribution is 2.29. The Bertz CT molecular complexity index is 562. The standard InChI is InChI=1S/C16H16Cl2FN/c1-3-20-16(11-6-7-13(17)14(18)8-11)12-5-4-10(2)15(19)9-12/h4-9,16,20H,3H2,1-2H3. The fraction of sp³-hybridized carbons (Fsp3) is 0.250. The normalized spacial score (nSPS) is 12.4. The third kappa shape index (κ3) is 3.32. The van der Waals surface area contributed by atoms with Gasteiger partial charge in [0.2, 0.25) is 0 Å². The summed E-state index contributed by atoms with van der Waals surface area (Å²) >= 11 is 12.0. The van der Waals surface area contributed by atoms with Crippen molar-refractivity contribution in [3.8, 4) is 0 Å². The van der Waals surface area contributed by atoms with E-state index in [0.29, 0.717) is 15.6 Å². The summed E-state index contributed by atoms with van der Waals surface area (Å²) < 4.78 is 13.8. The van der Waals surface area contributed by atoms with Crippen LogP contribution in [0.25, 0.3) is 0 Å². The lowest BCUT2D eigenvalue weighted by molar-refractivity contribution is 0.597. The minimum atomic E-state index is -0.203. The highest BCUT2D eigenvalue weighted by atomic mass is 35.5. The summed E-state index contributed by atoms with van der Waals surface area (Å²) in [7, 11) is 0. The van der Waals surface area contributed by atoms with Gasteiger partial charge < -0.3 is 5.32 Å². The van der Waals surface area contributed by atoms with E-state index in [1.54, 1.807) is 25.1 Å². The van der Waals surface area contributed by atoms with Crippen LogP contribution in [-0.2, 0) is 0 Å². The summed E-state index contributed by atoms with van der Waals surface area (Å²) in [4.78, 5) is 0. The van der Waals surface area contributed by atoms with Crippen molar-refractivity contribution in [2.75, 3.05) is 6.54 Å². The Morgan fingerprint density at radius 2 is 1.70 bits per heavy atom. The van der Waals surface area contributed by atoms with E-state index in [2.05, 4.69) is 5.32 Å². The van der Waals surface area contributed by atoms with Gasteiger partial charge in [-0.1, -0.05) is 48.3 Å². The molecule has 1 unspecified atom stereocenters. The van der Waals surface area contributed by atoms with Crippen molar-refractivity contribution >= 4 is 23.2 Å². The molecule has 0 aliphatic carbocycles. The van der Waals surface area contributed by atoms with Crippen molar-refractivity contribution < 1.29 is 4.39 Å². The largest absolute Gasteiger partial charge is 0.307 e. The monoisotopic (exact) mass is 311 g/mol. The molecule has 2 rings (SSSR count). The highest BCUT2D eigenvalue weighted by Gasteiger charge is 2.15. The smallest absolute Gasteiger partial charge is 0.126 e. The molecule has 0 heterocycles. The van der Waals surface area contributed by atoms with Gasteiger partial charge in [0.1, 0.15) is 5.82 Å². The zero-order valence-corrected chi connectivity index (χ0v) is 12.9. The molecule has 0 aliphatic heterocycles. The maximum Gasteiger partial charge on any atom is 0.126 e. The molecule has 0 fully saturated rings. The van der Waals surface area contributed by atoms with Crippen LogP contribution in [0.5, 0.6) is 0 Å². The molecule has 2 aromatic rings. The lowest BCUT2D eigenvalue weighted by atomic mass is 9.97. The second-order valence-electron chi connectivity index (χ2n) is 4.67. The molecule has 106 valence electrons. The Hall–Kier alpha value is -1.09. The number of benzene rings is 2. The maximum atomic E-state index is 13.8. The van der Waals surface area contributed by atoms with E-state index < -0.39 is 0 Å². The molecule has 0 saturated carbocycles.